The maximum Gasteiger partial charge on any atom is 0.210 e. The summed E-state index contributed by atoms with van der Waals surface area (Å²) in [6.07, 6.45) is 4.94. The van der Waals surface area contributed by atoms with Crippen molar-refractivity contribution in [2.75, 3.05) is 38.2 Å². The van der Waals surface area contributed by atoms with Gasteiger partial charge in [0.05, 0.1) is 29.3 Å². The van der Waals surface area contributed by atoms with Crippen LogP contribution in [0.5, 0.6) is 5.75 Å². The highest BCUT2D eigenvalue weighted by Gasteiger charge is 2.32. The molecule has 0 unspecified atom stereocenters. The quantitative estimate of drug-likeness (QED) is 0.576. The Morgan fingerprint density at radius 3 is 2.31 bits per heavy atom. The number of piperidine rings is 2. The van der Waals surface area contributed by atoms with Crippen LogP contribution in [0, 0.1) is 6.92 Å². The number of methoxy groups -OCH3 is 1. The smallest absolute Gasteiger partial charge is 0.210 e. The minimum Gasteiger partial charge on any atom is -0.497 e. The molecule has 2 aromatic carbocycles. The second-order valence-electron chi connectivity index (χ2n) is 9.66. The molecule has 7 nitrogen and oxygen atoms in total. The van der Waals surface area contributed by atoms with E-state index in [2.05, 4.69) is 14.8 Å². The molecule has 0 saturated carbocycles. The number of aliphatic hydroxyl groups is 1. The molecular weight excluding hydrogens is 462 g/mol. The Kier molecular flexibility index (Phi) is 6.70. The number of likely N-dealkylation sites (tertiary alicyclic amines) is 1. The second kappa shape index (κ2) is 9.76. The normalized spacial score (nSPS) is 18.8. The van der Waals surface area contributed by atoms with Crippen molar-refractivity contribution >= 4 is 26.4 Å². The molecule has 3 aromatic rings. The standard InChI is InChI=1S/C27H33N3O4S/c1-19-3-8-25-24(17-19)27(30-13-9-20(10-14-30)29-15-11-21(31)12-16-29)26(18-28-25)35(32,33)23-6-4-22(34-2)5-7-23/h3-8,17-18,20-21,31H,9-16H2,1-2H3. The fraction of sp³-hybridized carbons (Fsp3) is 0.444. The van der Waals surface area contributed by atoms with Crippen LogP contribution >= 0.6 is 0 Å². The Morgan fingerprint density at radius 2 is 1.66 bits per heavy atom. The van der Waals surface area contributed by atoms with Crippen LogP contribution in [0.2, 0.25) is 0 Å². The Hall–Kier alpha value is -2.68. The number of rotatable bonds is 5. The van der Waals surface area contributed by atoms with Gasteiger partial charge >= 0.3 is 0 Å². The SMILES string of the molecule is COc1ccc(S(=O)(=O)c2cnc3ccc(C)cc3c2N2CCC(N3CCC(O)CC3)CC2)cc1. The van der Waals surface area contributed by atoms with Gasteiger partial charge in [-0.05, 0) is 69.0 Å². The number of sulfone groups is 1. The van der Waals surface area contributed by atoms with Crippen LogP contribution in [0.1, 0.15) is 31.2 Å². The summed E-state index contributed by atoms with van der Waals surface area (Å²) in [5, 5.41) is 10.7. The number of aliphatic hydroxyl groups excluding tert-OH is 1. The lowest BCUT2D eigenvalue weighted by Gasteiger charge is -2.42. The molecule has 0 spiro atoms. The predicted octanol–water partition coefficient (Wildman–Crippen LogP) is 3.81. The Labute approximate surface area is 207 Å². The van der Waals surface area contributed by atoms with Gasteiger partial charge in [0, 0.05) is 43.8 Å². The van der Waals surface area contributed by atoms with Gasteiger partial charge in [0.2, 0.25) is 9.84 Å². The van der Waals surface area contributed by atoms with E-state index in [0.717, 1.165) is 74.0 Å². The van der Waals surface area contributed by atoms with E-state index in [4.69, 9.17) is 4.74 Å². The van der Waals surface area contributed by atoms with E-state index in [1.165, 1.54) is 6.20 Å². The van der Waals surface area contributed by atoms with Gasteiger partial charge in [-0.2, -0.15) is 0 Å². The van der Waals surface area contributed by atoms with Crippen molar-refractivity contribution in [2.45, 2.75) is 54.5 Å². The van der Waals surface area contributed by atoms with Crippen LogP contribution < -0.4 is 9.64 Å². The Morgan fingerprint density at radius 1 is 0.971 bits per heavy atom. The molecule has 5 rings (SSSR count). The van der Waals surface area contributed by atoms with Gasteiger partial charge in [-0.1, -0.05) is 11.6 Å². The summed E-state index contributed by atoms with van der Waals surface area (Å²) in [7, 11) is -2.22. The lowest BCUT2D eigenvalue weighted by Crippen LogP contribution is -2.48. The number of pyridine rings is 1. The third-order valence-electron chi connectivity index (χ3n) is 7.42. The third-order valence-corrected chi connectivity index (χ3v) is 9.19. The average Bonchev–Trinajstić information content (AvgIpc) is 2.88. The van der Waals surface area contributed by atoms with Gasteiger partial charge in [0.15, 0.2) is 0 Å². The average molecular weight is 496 g/mol. The van der Waals surface area contributed by atoms with Crippen molar-refractivity contribution in [3.63, 3.8) is 0 Å². The zero-order valence-electron chi connectivity index (χ0n) is 20.4. The van der Waals surface area contributed by atoms with E-state index in [-0.39, 0.29) is 15.9 Å². The second-order valence-corrected chi connectivity index (χ2v) is 11.6. The molecule has 2 aliphatic rings. The van der Waals surface area contributed by atoms with Gasteiger partial charge < -0.3 is 19.6 Å². The molecule has 8 heteroatoms. The molecule has 186 valence electrons. The molecule has 0 bridgehead atoms. The number of aromatic nitrogens is 1. The van der Waals surface area contributed by atoms with Gasteiger partial charge in [0.25, 0.3) is 0 Å². The Balaban J connectivity index is 1.51. The summed E-state index contributed by atoms with van der Waals surface area (Å²) in [5.74, 6) is 0.615. The first-order chi connectivity index (χ1) is 16.9. The first-order valence-electron chi connectivity index (χ1n) is 12.3. The zero-order chi connectivity index (χ0) is 24.6. The fourth-order valence-electron chi connectivity index (χ4n) is 5.38. The van der Waals surface area contributed by atoms with Crippen molar-refractivity contribution in [3.8, 4) is 5.75 Å². The number of fused-ring (bicyclic) bond motifs is 1. The highest BCUT2D eigenvalue weighted by atomic mass is 32.2. The summed E-state index contributed by atoms with van der Waals surface area (Å²) >= 11 is 0. The molecule has 1 aromatic heterocycles. The molecule has 2 aliphatic heterocycles. The van der Waals surface area contributed by atoms with Crippen molar-refractivity contribution < 1.29 is 18.3 Å². The lowest BCUT2D eigenvalue weighted by atomic mass is 9.98. The molecule has 2 saturated heterocycles. The maximum atomic E-state index is 13.8. The highest BCUT2D eigenvalue weighted by molar-refractivity contribution is 7.91. The third kappa shape index (κ3) is 4.75. The lowest BCUT2D eigenvalue weighted by molar-refractivity contribution is 0.0542. The van der Waals surface area contributed by atoms with E-state index < -0.39 is 9.84 Å². The maximum absolute atomic E-state index is 13.8. The molecular formula is C27H33N3O4S. The number of nitrogens with zero attached hydrogens (tertiary/aromatic N) is 3. The minimum atomic E-state index is -3.79. The van der Waals surface area contributed by atoms with Crippen molar-refractivity contribution in [3.05, 3.63) is 54.2 Å². The van der Waals surface area contributed by atoms with Crippen molar-refractivity contribution in [1.82, 2.24) is 9.88 Å². The Bertz CT molecular complexity index is 1290. The number of ether oxygens (including phenoxy) is 1. The molecule has 0 radical (unpaired) electrons. The largest absolute Gasteiger partial charge is 0.497 e. The summed E-state index contributed by atoms with van der Waals surface area (Å²) in [6, 6.07) is 13.0. The molecule has 1 N–H and O–H groups in total. The highest BCUT2D eigenvalue weighted by Crippen LogP contribution is 2.38. The number of hydrogen-bond acceptors (Lipinski definition) is 7. The van der Waals surface area contributed by atoms with E-state index in [1.807, 2.05) is 25.1 Å². The van der Waals surface area contributed by atoms with Gasteiger partial charge in [-0.3, -0.25) is 4.98 Å². The molecule has 2 fully saturated rings. The van der Waals surface area contributed by atoms with Crippen molar-refractivity contribution in [2.24, 2.45) is 0 Å². The first-order valence-corrected chi connectivity index (χ1v) is 13.8. The molecule has 3 heterocycles. The number of benzene rings is 2. The summed E-state index contributed by atoms with van der Waals surface area (Å²) in [6.45, 7) is 5.44. The predicted molar refractivity (Wildman–Crippen MR) is 137 cm³/mol. The van der Waals surface area contributed by atoms with Gasteiger partial charge in [-0.25, -0.2) is 8.42 Å². The van der Waals surface area contributed by atoms with Crippen LogP contribution in [-0.2, 0) is 9.84 Å². The number of anilines is 1. The van der Waals surface area contributed by atoms with Crippen LogP contribution in [0.25, 0.3) is 10.9 Å². The zero-order valence-corrected chi connectivity index (χ0v) is 21.2. The molecule has 0 atom stereocenters. The van der Waals surface area contributed by atoms with E-state index >= 15 is 0 Å². The number of hydrogen-bond donors (Lipinski definition) is 1. The van der Waals surface area contributed by atoms with Crippen LogP contribution in [0.4, 0.5) is 5.69 Å². The summed E-state index contributed by atoms with van der Waals surface area (Å²) in [4.78, 5) is 9.74. The molecule has 0 amide bonds. The minimum absolute atomic E-state index is 0.177. The summed E-state index contributed by atoms with van der Waals surface area (Å²) in [5.41, 5.74) is 2.62. The monoisotopic (exact) mass is 495 g/mol. The van der Waals surface area contributed by atoms with E-state index in [0.29, 0.717) is 11.8 Å². The topological polar surface area (TPSA) is 83.0 Å². The van der Waals surface area contributed by atoms with E-state index in [9.17, 15) is 13.5 Å². The molecule has 35 heavy (non-hydrogen) atoms. The first kappa shape index (κ1) is 24.0. The van der Waals surface area contributed by atoms with Crippen LogP contribution in [0.15, 0.2) is 58.5 Å². The molecule has 0 aliphatic carbocycles. The van der Waals surface area contributed by atoms with Gasteiger partial charge in [-0.15, -0.1) is 0 Å². The van der Waals surface area contributed by atoms with Crippen LogP contribution in [0.3, 0.4) is 0 Å². The number of aryl methyl sites for hydroxylation is 1. The van der Waals surface area contributed by atoms with Crippen LogP contribution in [-0.4, -0.2) is 68.8 Å². The van der Waals surface area contributed by atoms with E-state index in [1.54, 1.807) is 31.4 Å². The fourth-order valence-corrected chi connectivity index (χ4v) is 6.82. The van der Waals surface area contributed by atoms with Gasteiger partial charge in [0.1, 0.15) is 10.6 Å². The summed E-state index contributed by atoms with van der Waals surface area (Å²) < 4.78 is 32.9. The van der Waals surface area contributed by atoms with Crippen molar-refractivity contribution in [1.29, 1.82) is 0 Å².